The topological polar surface area (TPSA) is 93.4 Å². The molecule has 0 spiro atoms. The molecule has 2 aromatic rings. The molecule has 3 rings (SSSR count). The number of carbonyl (C=O) groups excluding carboxylic acids is 1. The fourth-order valence-electron chi connectivity index (χ4n) is 3.30. The molecule has 9 heteroatoms. The number of aryl methyl sites for hydroxylation is 2. The van der Waals surface area contributed by atoms with Crippen LogP contribution in [0.4, 0.5) is 0 Å². The molecule has 1 aliphatic rings. The van der Waals surface area contributed by atoms with Gasteiger partial charge in [0.25, 0.3) is 5.22 Å². The van der Waals surface area contributed by atoms with Crippen LogP contribution in [0.15, 0.2) is 27.8 Å². The molecule has 0 N–H and O–H groups in total. The Kier molecular flexibility index (Phi) is 6.14. The second-order valence-corrected chi connectivity index (χ2v) is 10.6. The molecular weight excluding hydrogens is 398 g/mol. The Morgan fingerprint density at radius 2 is 2.07 bits per heavy atom. The molecule has 0 radical (unpaired) electrons. The maximum atomic E-state index is 12.9. The molecule has 2 atom stereocenters. The first-order chi connectivity index (χ1) is 13.2. The van der Waals surface area contributed by atoms with Gasteiger partial charge in [0, 0.05) is 18.2 Å². The lowest BCUT2D eigenvalue weighted by Gasteiger charge is -2.28. The van der Waals surface area contributed by atoms with Gasteiger partial charge in [-0.05, 0) is 57.4 Å². The first-order valence-corrected chi connectivity index (χ1v) is 12.0. The minimum Gasteiger partial charge on any atom is -0.411 e. The third kappa shape index (κ3) is 4.57. The Balaban J connectivity index is 1.68. The van der Waals surface area contributed by atoms with Gasteiger partial charge in [-0.15, -0.1) is 10.2 Å². The van der Waals surface area contributed by atoms with Crippen LogP contribution < -0.4 is 0 Å². The zero-order chi connectivity index (χ0) is 20.5. The van der Waals surface area contributed by atoms with E-state index in [4.69, 9.17) is 4.42 Å². The van der Waals surface area contributed by atoms with Crippen molar-refractivity contribution >= 4 is 27.5 Å². The molecule has 0 bridgehead atoms. The van der Waals surface area contributed by atoms with Gasteiger partial charge in [0.05, 0.1) is 16.8 Å². The van der Waals surface area contributed by atoms with E-state index in [1.165, 1.54) is 17.3 Å². The Morgan fingerprint density at radius 3 is 2.68 bits per heavy atom. The minimum absolute atomic E-state index is 0.0431. The molecule has 1 saturated heterocycles. The summed E-state index contributed by atoms with van der Waals surface area (Å²) in [5.41, 5.74) is 3.16. The summed E-state index contributed by atoms with van der Waals surface area (Å²) in [5, 5.41) is 8.02. The number of benzene rings is 1. The third-order valence-corrected chi connectivity index (χ3v) is 7.73. The van der Waals surface area contributed by atoms with E-state index in [0.717, 1.165) is 11.1 Å². The van der Waals surface area contributed by atoms with Gasteiger partial charge in [-0.2, -0.15) is 0 Å². The van der Waals surface area contributed by atoms with Gasteiger partial charge in [-0.1, -0.05) is 17.8 Å². The number of nitrogens with zero attached hydrogens (tertiary/aromatic N) is 3. The smallest absolute Gasteiger partial charge is 0.277 e. The number of hydrogen-bond acceptors (Lipinski definition) is 7. The standard InChI is InChI=1S/C19H25N3O4S2/c1-5-22(16-8-9-28(24,25)11-16)18(23)14(4)27-19-21-20-17(26-19)15-7-6-12(2)13(3)10-15/h6-7,10,14,16H,5,8-9,11H2,1-4H3/t14-,16+/m1/s1. The van der Waals surface area contributed by atoms with E-state index < -0.39 is 15.1 Å². The van der Waals surface area contributed by atoms with Crippen molar-refractivity contribution in [3.63, 3.8) is 0 Å². The second kappa shape index (κ2) is 8.24. The summed E-state index contributed by atoms with van der Waals surface area (Å²) in [6, 6.07) is 5.67. The molecule has 2 heterocycles. The Morgan fingerprint density at radius 1 is 1.32 bits per heavy atom. The summed E-state index contributed by atoms with van der Waals surface area (Å²) in [6.07, 6.45) is 0.497. The van der Waals surface area contributed by atoms with Gasteiger partial charge in [-0.25, -0.2) is 8.42 Å². The summed E-state index contributed by atoms with van der Waals surface area (Å²) in [5.74, 6) is 0.493. The van der Waals surface area contributed by atoms with Crippen molar-refractivity contribution in [2.75, 3.05) is 18.1 Å². The van der Waals surface area contributed by atoms with Gasteiger partial charge in [0.15, 0.2) is 9.84 Å². The average molecular weight is 424 g/mol. The van der Waals surface area contributed by atoms with Crippen molar-refractivity contribution in [1.29, 1.82) is 0 Å². The van der Waals surface area contributed by atoms with Gasteiger partial charge in [-0.3, -0.25) is 4.79 Å². The van der Waals surface area contributed by atoms with E-state index in [1.807, 2.05) is 39.0 Å². The van der Waals surface area contributed by atoms with Crippen LogP contribution in [0.3, 0.4) is 0 Å². The number of sulfone groups is 1. The number of thioether (sulfide) groups is 1. The lowest BCUT2D eigenvalue weighted by Crippen LogP contribution is -2.44. The molecule has 1 aromatic carbocycles. The van der Waals surface area contributed by atoms with Crippen molar-refractivity contribution in [1.82, 2.24) is 15.1 Å². The Labute approximate surface area is 169 Å². The fraction of sp³-hybridized carbons (Fsp3) is 0.526. The van der Waals surface area contributed by atoms with Crippen LogP contribution in [0.25, 0.3) is 11.5 Å². The molecule has 1 fully saturated rings. The van der Waals surface area contributed by atoms with Crippen molar-refractivity contribution in [2.45, 2.75) is 50.6 Å². The largest absolute Gasteiger partial charge is 0.411 e. The number of amides is 1. The monoisotopic (exact) mass is 423 g/mol. The van der Waals surface area contributed by atoms with Crippen LogP contribution in [0, 0.1) is 13.8 Å². The van der Waals surface area contributed by atoms with Crippen molar-refractivity contribution < 1.29 is 17.6 Å². The lowest BCUT2D eigenvalue weighted by molar-refractivity contribution is -0.131. The van der Waals surface area contributed by atoms with Crippen LogP contribution in [0.2, 0.25) is 0 Å². The highest BCUT2D eigenvalue weighted by atomic mass is 32.2. The summed E-state index contributed by atoms with van der Waals surface area (Å²) >= 11 is 1.20. The highest BCUT2D eigenvalue weighted by Gasteiger charge is 2.35. The predicted molar refractivity (Wildman–Crippen MR) is 109 cm³/mol. The number of aromatic nitrogens is 2. The molecule has 7 nitrogen and oxygen atoms in total. The normalized spacial score (nSPS) is 19.5. The molecule has 0 unspecified atom stereocenters. The highest BCUT2D eigenvalue weighted by molar-refractivity contribution is 8.00. The summed E-state index contributed by atoms with van der Waals surface area (Å²) < 4.78 is 29.2. The third-order valence-electron chi connectivity index (χ3n) is 5.06. The van der Waals surface area contributed by atoms with E-state index in [1.54, 1.807) is 11.8 Å². The molecule has 1 aromatic heterocycles. The molecule has 1 aliphatic heterocycles. The summed E-state index contributed by atoms with van der Waals surface area (Å²) in [4.78, 5) is 14.5. The average Bonchev–Trinajstić information content (AvgIpc) is 3.24. The van der Waals surface area contributed by atoms with E-state index in [-0.39, 0.29) is 23.5 Å². The number of carbonyl (C=O) groups is 1. The Hall–Kier alpha value is -1.87. The number of hydrogen-bond donors (Lipinski definition) is 0. The van der Waals surface area contributed by atoms with Crippen molar-refractivity contribution in [3.8, 4) is 11.5 Å². The first-order valence-electron chi connectivity index (χ1n) is 9.29. The minimum atomic E-state index is -3.04. The zero-order valence-electron chi connectivity index (χ0n) is 16.5. The van der Waals surface area contributed by atoms with Gasteiger partial charge in [0.1, 0.15) is 0 Å². The Bertz CT molecular complexity index is 971. The van der Waals surface area contributed by atoms with Crippen LogP contribution >= 0.6 is 11.8 Å². The quantitative estimate of drug-likeness (QED) is 0.660. The van der Waals surface area contributed by atoms with E-state index >= 15 is 0 Å². The van der Waals surface area contributed by atoms with Crippen molar-refractivity contribution in [3.05, 3.63) is 29.3 Å². The molecular formula is C19H25N3O4S2. The molecule has 0 saturated carbocycles. The molecule has 152 valence electrons. The lowest BCUT2D eigenvalue weighted by atomic mass is 10.1. The van der Waals surface area contributed by atoms with Crippen LogP contribution in [0.1, 0.15) is 31.4 Å². The van der Waals surface area contributed by atoms with Gasteiger partial charge >= 0.3 is 0 Å². The first kappa shape index (κ1) is 20.9. The zero-order valence-corrected chi connectivity index (χ0v) is 18.1. The van der Waals surface area contributed by atoms with E-state index in [2.05, 4.69) is 10.2 Å². The van der Waals surface area contributed by atoms with E-state index in [0.29, 0.717) is 24.1 Å². The van der Waals surface area contributed by atoms with Crippen LogP contribution in [0.5, 0.6) is 0 Å². The summed E-state index contributed by atoms with van der Waals surface area (Å²) in [6.45, 7) is 8.18. The van der Waals surface area contributed by atoms with Crippen LogP contribution in [-0.2, 0) is 14.6 Å². The number of rotatable bonds is 6. The predicted octanol–water partition coefficient (Wildman–Crippen LogP) is 2.87. The van der Waals surface area contributed by atoms with Gasteiger partial charge < -0.3 is 9.32 Å². The van der Waals surface area contributed by atoms with Crippen molar-refractivity contribution in [2.24, 2.45) is 0 Å². The fourth-order valence-corrected chi connectivity index (χ4v) is 5.78. The molecule has 28 heavy (non-hydrogen) atoms. The summed E-state index contributed by atoms with van der Waals surface area (Å²) in [7, 11) is -3.04. The van der Waals surface area contributed by atoms with Gasteiger partial charge in [0.2, 0.25) is 11.8 Å². The molecule has 0 aliphatic carbocycles. The highest BCUT2D eigenvalue weighted by Crippen LogP contribution is 2.29. The maximum Gasteiger partial charge on any atom is 0.277 e. The van der Waals surface area contributed by atoms with E-state index in [9.17, 15) is 13.2 Å². The second-order valence-electron chi connectivity index (χ2n) is 7.11. The van der Waals surface area contributed by atoms with Crippen LogP contribution in [-0.4, -0.2) is 58.8 Å². The SMILES string of the molecule is CCN(C(=O)[C@@H](C)Sc1nnc(-c2ccc(C)c(C)c2)o1)[C@H]1CCS(=O)(=O)C1. The maximum absolute atomic E-state index is 12.9. The molecule has 1 amide bonds.